The Morgan fingerprint density at radius 3 is 2.52 bits per heavy atom. The van der Waals surface area contributed by atoms with Crippen molar-refractivity contribution in [1.29, 1.82) is 0 Å². The van der Waals surface area contributed by atoms with Crippen molar-refractivity contribution in [2.45, 2.75) is 5.16 Å². The SMILES string of the molecule is COc1ccc(-c2nc(SCCOc3ccc(Cl)cc3)n3[nH]c(=O)cc3n2)cc1. The van der Waals surface area contributed by atoms with Gasteiger partial charge in [-0.2, -0.15) is 0 Å². The van der Waals surface area contributed by atoms with Gasteiger partial charge in [0.25, 0.3) is 5.56 Å². The number of halogens is 1. The van der Waals surface area contributed by atoms with E-state index in [0.29, 0.717) is 34.0 Å². The summed E-state index contributed by atoms with van der Waals surface area (Å²) in [6, 6.07) is 16.1. The van der Waals surface area contributed by atoms with Gasteiger partial charge in [-0.25, -0.2) is 14.5 Å². The molecule has 2 aromatic carbocycles. The zero-order valence-electron chi connectivity index (χ0n) is 15.5. The number of nitrogens with zero attached hydrogens (tertiary/aromatic N) is 3. The monoisotopic (exact) mass is 428 g/mol. The van der Waals surface area contributed by atoms with Crippen LogP contribution in [0.5, 0.6) is 11.5 Å². The predicted octanol–water partition coefficient (Wildman–Crippen LogP) is 3.92. The van der Waals surface area contributed by atoms with Crippen molar-refractivity contribution in [3.63, 3.8) is 0 Å². The molecule has 0 aliphatic rings. The summed E-state index contributed by atoms with van der Waals surface area (Å²) in [5.74, 6) is 2.67. The first kappa shape index (κ1) is 19.4. The molecule has 4 rings (SSSR count). The van der Waals surface area contributed by atoms with Gasteiger partial charge in [0.2, 0.25) is 0 Å². The summed E-state index contributed by atoms with van der Waals surface area (Å²) >= 11 is 7.35. The molecule has 0 unspecified atom stereocenters. The first-order valence-corrected chi connectivity index (χ1v) is 10.1. The third kappa shape index (κ3) is 4.55. The molecule has 148 valence electrons. The lowest BCUT2D eigenvalue weighted by atomic mass is 10.2. The Labute approximate surface area is 175 Å². The van der Waals surface area contributed by atoms with E-state index in [4.69, 9.17) is 21.1 Å². The number of H-pyrrole nitrogens is 1. The Bertz CT molecular complexity index is 1170. The van der Waals surface area contributed by atoms with Gasteiger partial charge in [-0.1, -0.05) is 23.4 Å². The lowest BCUT2D eigenvalue weighted by Gasteiger charge is -2.09. The number of hydrogen-bond donors (Lipinski definition) is 1. The number of methoxy groups -OCH3 is 1. The van der Waals surface area contributed by atoms with Crippen molar-refractivity contribution in [1.82, 2.24) is 19.6 Å². The summed E-state index contributed by atoms with van der Waals surface area (Å²) in [5, 5.41) is 4.02. The van der Waals surface area contributed by atoms with Crippen LogP contribution in [-0.2, 0) is 0 Å². The summed E-state index contributed by atoms with van der Waals surface area (Å²) in [7, 11) is 1.62. The molecular formula is C20H17ClN4O3S. The number of ether oxygens (including phenoxy) is 2. The topological polar surface area (TPSA) is 81.5 Å². The molecule has 0 amide bonds. The Kier molecular flexibility index (Phi) is 5.73. The fraction of sp³-hybridized carbons (Fsp3) is 0.150. The van der Waals surface area contributed by atoms with Crippen LogP contribution in [0.1, 0.15) is 0 Å². The van der Waals surface area contributed by atoms with Gasteiger partial charge in [0.05, 0.1) is 13.7 Å². The van der Waals surface area contributed by atoms with Crippen LogP contribution in [0.3, 0.4) is 0 Å². The number of fused-ring (bicyclic) bond motifs is 1. The van der Waals surface area contributed by atoms with Crippen molar-refractivity contribution in [2.24, 2.45) is 0 Å². The van der Waals surface area contributed by atoms with Gasteiger partial charge in [-0.15, -0.1) is 0 Å². The molecule has 1 N–H and O–H groups in total. The van der Waals surface area contributed by atoms with Crippen molar-refractivity contribution in [3.8, 4) is 22.9 Å². The highest BCUT2D eigenvalue weighted by Crippen LogP contribution is 2.23. The van der Waals surface area contributed by atoms with Crippen LogP contribution < -0.4 is 15.0 Å². The van der Waals surface area contributed by atoms with Crippen LogP contribution in [0.2, 0.25) is 5.02 Å². The number of nitrogens with one attached hydrogen (secondary N) is 1. The van der Waals surface area contributed by atoms with E-state index in [1.807, 2.05) is 36.4 Å². The number of thioether (sulfide) groups is 1. The van der Waals surface area contributed by atoms with Crippen molar-refractivity contribution < 1.29 is 9.47 Å². The zero-order chi connectivity index (χ0) is 20.2. The first-order valence-electron chi connectivity index (χ1n) is 8.78. The van der Waals surface area contributed by atoms with Gasteiger partial charge < -0.3 is 9.47 Å². The summed E-state index contributed by atoms with van der Waals surface area (Å²) in [5.41, 5.74) is 1.11. The molecule has 0 aliphatic carbocycles. The minimum Gasteiger partial charge on any atom is -0.497 e. The average molecular weight is 429 g/mol. The molecule has 4 aromatic rings. The van der Waals surface area contributed by atoms with Gasteiger partial charge in [0.1, 0.15) is 11.5 Å². The quantitative estimate of drug-likeness (QED) is 0.355. The van der Waals surface area contributed by atoms with Crippen molar-refractivity contribution in [2.75, 3.05) is 19.5 Å². The van der Waals surface area contributed by atoms with Gasteiger partial charge in [-0.3, -0.25) is 9.89 Å². The summed E-state index contributed by atoms with van der Waals surface area (Å²) in [4.78, 5) is 20.9. The number of aromatic nitrogens is 4. The fourth-order valence-corrected chi connectivity index (χ4v) is 3.57. The molecular weight excluding hydrogens is 412 g/mol. The standard InChI is InChI=1S/C20H17ClN4O3S/c1-27-15-6-2-13(3-7-15)19-22-17-12-18(26)24-25(17)20(23-19)29-11-10-28-16-8-4-14(21)5-9-16/h2-9,12H,10-11H2,1H3,(H,24,26). The average Bonchev–Trinajstić information content (AvgIpc) is 3.12. The summed E-state index contributed by atoms with van der Waals surface area (Å²) in [6.07, 6.45) is 0. The van der Waals surface area contributed by atoms with E-state index in [-0.39, 0.29) is 5.56 Å². The minimum absolute atomic E-state index is 0.231. The molecule has 0 fully saturated rings. The Morgan fingerprint density at radius 1 is 1.07 bits per heavy atom. The van der Waals surface area contributed by atoms with Crippen LogP contribution in [-0.4, -0.2) is 39.1 Å². The Balaban J connectivity index is 1.53. The predicted molar refractivity (Wildman–Crippen MR) is 113 cm³/mol. The number of aromatic amines is 1. The molecule has 0 aliphatic heterocycles. The van der Waals surface area contributed by atoms with Gasteiger partial charge in [0.15, 0.2) is 16.6 Å². The van der Waals surface area contributed by atoms with E-state index in [9.17, 15) is 4.79 Å². The maximum atomic E-state index is 11.8. The lowest BCUT2D eigenvalue weighted by Crippen LogP contribution is -2.06. The molecule has 2 aromatic heterocycles. The maximum Gasteiger partial charge on any atom is 0.266 e. The summed E-state index contributed by atoms with van der Waals surface area (Å²) in [6.45, 7) is 0.473. The molecule has 0 atom stereocenters. The second kappa shape index (κ2) is 8.59. The molecule has 0 radical (unpaired) electrons. The molecule has 7 nitrogen and oxygen atoms in total. The fourth-order valence-electron chi connectivity index (χ4n) is 2.67. The number of benzene rings is 2. The van der Waals surface area contributed by atoms with Crippen LogP contribution in [0.15, 0.2) is 64.5 Å². The Morgan fingerprint density at radius 2 is 1.79 bits per heavy atom. The molecule has 0 spiro atoms. The number of rotatable bonds is 7. The van der Waals surface area contributed by atoms with Crippen molar-refractivity contribution in [3.05, 3.63) is 70.0 Å². The van der Waals surface area contributed by atoms with Crippen LogP contribution in [0.25, 0.3) is 17.0 Å². The largest absolute Gasteiger partial charge is 0.497 e. The highest BCUT2D eigenvalue weighted by molar-refractivity contribution is 7.99. The normalized spacial score (nSPS) is 11.0. The zero-order valence-corrected chi connectivity index (χ0v) is 17.0. The van der Waals surface area contributed by atoms with Gasteiger partial charge >= 0.3 is 0 Å². The van der Waals surface area contributed by atoms with E-state index in [0.717, 1.165) is 17.1 Å². The van der Waals surface area contributed by atoms with E-state index >= 15 is 0 Å². The van der Waals surface area contributed by atoms with E-state index < -0.39 is 0 Å². The lowest BCUT2D eigenvalue weighted by molar-refractivity contribution is 0.344. The molecule has 0 saturated heterocycles. The smallest absolute Gasteiger partial charge is 0.266 e. The molecule has 9 heteroatoms. The second-order valence-electron chi connectivity index (χ2n) is 6.02. The van der Waals surface area contributed by atoms with Crippen LogP contribution >= 0.6 is 23.4 Å². The van der Waals surface area contributed by atoms with E-state index in [1.54, 1.807) is 23.8 Å². The molecule has 29 heavy (non-hydrogen) atoms. The first-order chi connectivity index (χ1) is 14.1. The number of hydrogen-bond acceptors (Lipinski definition) is 6. The van der Waals surface area contributed by atoms with Crippen LogP contribution in [0, 0.1) is 0 Å². The van der Waals surface area contributed by atoms with Gasteiger partial charge in [0, 0.05) is 22.4 Å². The highest BCUT2D eigenvalue weighted by atomic mass is 35.5. The third-order valence-electron chi connectivity index (χ3n) is 4.07. The second-order valence-corrected chi connectivity index (χ2v) is 7.52. The third-order valence-corrected chi connectivity index (χ3v) is 5.22. The van der Waals surface area contributed by atoms with E-state index in [2.05, 4.69) is 15.1 Å². The van der Waals surface area contributed by atoms with Crippen molar-refractivity contribution >= 4 is 29.0 Å². The van der Waals surface area contributed by atoms with Gasteiger partial charge in [-0.05, 0) is 48.5 Å². The molecule has 0 bridgehead atoms. The van der Waals surface area contributed by atoms with E-state index in [1.165, 1.54) is 17.8 Å². The highest BCUT2D eigenvalue weighted by Gasteiger charge is 2.12. The summed E-state index contributed by atoms with van der Waals surface area (Å²) < 4.78 is 12.5. The Hall–Kier alpha value is -2.97. The van der Waals surface area contributed by atoms with Crippen LogP contribution in [0.4, 0.5) is 0 Å². The molecule has 2 heterocycles. The minimum atomic E-state index is -0.231. The maximum absolute atomic E-state index is 11.8. The molecule has 0 saturated carbocycles.